The molecule has 0 saturated heterocycles. The fraction of sp³-hybridized carbons (Fsp3) is 0.278. The third-order valence-corrected chi connectivity index (χ3v) is 3.34. The van der Waals surface area contributed by atoms with E-state index >= 15 is 0 Å². The van der Waals surface area contributed by atoms with Crippen LogP contribution in [-0.4, -0.2) is 12.6 Å². The Labute approximate surface area is 120 Å². The Hall–Kier alpha value is -2.18. The van der Waals surface area contributed by atoms with Gasteiger partial charge >= 0.3 is 0 Å². The standard InChI is InChI=1S/C18H20N2/c1-15(17-9-5-3-6-10-17)13-19-14-20-16(2)18-11-7-4-8-12-18/h3-12,15-16H,13H2,1-2H3. The molecule has 0 saturated carbocycles. The number of aliphatic imine (C=N–C) groups is 2. The second-order valence-corrected chi connectivity index (χ2v) is 4.97. The van der Waals surface area contributed by atoms with E-state index in [-0.39, 0.29) is 6.04 Å². The number of hydrogen-bond acceptors (Lipinski definition) is 2. The maximum atomic E-state index is 4.34. The summed E-state index contributed by atoms with van der Waals surface area (Å²) in [7, 11) is 0. The first kappa shape index (κ1) is 14.2. The molecule has 2 heteroatoms. The second-order valence-electron chi connectivity index (χ2n) is 4.97. The van der Waals surface area contributed by atoms with Crippen molar-refractivity contribution in [2.24, 2.45) is 9.98 Å². The Morgan fingerprint density at radius 1 is 0.850 bits per heavy atom. The Morgan fingerprint density at radius 2 is 1.40 bits per heavy atom. The summed E-state index contributed by atoms with van der Waals surface area (Å²) in [5, 5.41) is 0. The first-order chi connectivity index (χ1) is 9.77. The van der Waals surface area contributed by atoms with E-state index in [0.717, 1.165) is 6.54 Å². The first-order valence-corrected chi connectivity index (χ1v) is 6.98. The largest absolute Gasteiger partial charge is 0.225 e. The summed E-state index contributed by atoms with van der Waals surface area (Å²) in [5.74, 6) is 0.394. The minimum atomic E-state index is 0.104. The van der Waals surface area contributed by atoms with Crippen LogP contribution in [0.15, 0.2) is 70.6 Å². The van der Waals surface area contributed by atoms with Gasteiger partial charge in [0.1, 0.15) is 0 Å². The molecule has 0 aliphatic heterocycles. The molecule has 0 aliphatic rings. The molecule has 2 aromatic carbocycles. The number of hydrogen-bond donors (Lipinski definition) is 0. The van der Waals surface area contributed by atoms with Crippen LogP contribution in [0.1, 0.15) is 36.9 Å². The van der Waals surface area contributed by atoms with Crippen LogP contribution in [0.2, 0.25) is 0 Å². The van der Waals surface area contributed by atoms with Crippen molar-refractivity contribution in [3.05, 3.63) is 71.8 Å². The topological polar surface area (TPSA) is 24.7 Å². The molecule has 2 aromatic rings. The van der Waals surface area contributed by atoms with Crippen LogP contribution in [0.25, 0.3) is 0 Å². The van der Waals surface area contributed by atoms with Crippen molar-refractivity contribution in [3.63, 3.8) is 0 Å². The molecule has 0 aliphatic carbocycles. The lowest BCUT2D eigenvalue weighted by Crippen LogP contribution is -1.96. The van der Waals surface area contributed by atoms with Gasteiger partial charge in [0.2, 0.25) is 0 Å². The van der Waals surface area contributed by atoms with E-state index in [1.54, 1.807) is 0 Å². The van der Waals surface area contributed by atoms with Crippen LogP contribution >= 0.6 is 0 Å². The van der Waals surface area contributed by atoms with Gasteiger partial charge in [-0.25, -0.2) is 9.98 Å². The van der Waals surface area contributed by atoms with E-state index in [1.165, 1.54) is 11.1 Å². The lowest BCUT2D eigenvalue weighted by atomic mass is 10.0. The van der Waals surface area contributed by atoms with Crippen molar-refractivity contribution in [1.82, 2.24) is 0 Å². The predicted molar refractivity (Wildman–Crippen MR) is 84.4 cm³/mol. The summed E-state index contributed by atoms with van der Waals surface area (Å²) in [4.78, 5) is 8.64. The molecule has 20 heavy (non-hydrogen) atoms. The zero-order chi connectivity index (χ0) is 14.2. The normalized spacial score (nSPS) is 13.1. The van der Waals surface area contributed by atoms with Crippen molar-refractivity contribution < 1.29 is 0 Å². The van der Waals surface area contributed by atoms with Gasteiger partial charge in [-0.15, -0.1) is 0 Å². The van der Waals surface area contributed by atoms with Gasteiger partial charge in [-0.3, -0.25) is 0 Å². The third-order valence-electron chi connectivity index (χ3n) is 3.34. The van der Waals surface area contributed by atoms with Gasteiger partial charge in [-0.2, -0.15) is 0 Å². The van der Waals surface area contributed by atoms with Gasteiger partial charge in [0.05, 0.1) is 18.6 Å². The maximum Gasteiger partial charge on any atom is 0.0899 e. The predicted octanol–water partition coefficient (Wildman–Crippen LogP) is 4.73. The molecule has 0 heterocycles. The summed E-state index contributed by atoms with van der Waals surface area (Å²) in [5.41, 5.74) is 2.49. The van der Waals surface area contributed by atoms with E-state index in [4.69, 9.17) is 0 Å². The van der Waals surface area contributed by atoms with Crippen LogP contribution in [-0.2, 0) is 0 Å². The highest BCUT2D eigenvalue weighted by Crippen LogP contribution is 2.15. The zero-order valence-electron chi connectivity index (χ0n) is 12.0. The smallest absolute Gasteiger partial charge is 0.0899 e. The quantitative estimate of drug-likeness (QED) is 0.698. The number of rotatable bonds is 5. The van der Waals surface area contributed by atoms with Crippen LogP contribution in [0.4, 0.5) is 0 Å². The molecular formula is C18H20N2. The van der Waals surface area contributed by atoms with Gasteiger partial charge in [0.25, 0.3) is 0 Å². The zero-order valence-corrected chi connectivity index (χ0v) is 12.0. The summed E-state index contributed by atoms with van der Waals surface area (Å²) in [6.45, 7) is 4.94. The lowest BCUT2D eigenvalue weighted by molar-refractivity contribution is 0.773. The van der Waals surface area contributed by atoms with E-state index in [9.17, 15) is 0 Å². The lowest BCUT2D eigenvalue weighted by Gasteiger charge is -2.07. The summed E-state index contributed by atoms with van der Waals surface area (Å²) in [6, 6.07) is 23.5. The van der Waals surface area contributed by atoms with Gasteiger partial charge in [0, 0.05) is 5.92 Å². The molecule has 2 unspecified atom stereocenters. The molecule has 2 nitrogen and oxygen atoms in total. The summed E-state index contributed by atoms with van der Waals surface area (Å²) >= 11 is 0. The Balaban J connectivity index is 1.91. The van der Waals surface area contributed by atoms with E-state index < -0.39 is 0 Å². The minimum Gasteiger partial charge on any atom is -0.225 e. The highest BCUT2D eigenvalue weighted by Gasteiger charge is 2.03. The van der Waals surface area contributed by atoms with Crippen molar-refractivity contribution in [3.8, 4) is 0 Å². The Morgan fingerprint density at radius 3 is 2.00 bits per heavy atom. The monoisotopic (exact) mass is 264 g/mol. The molecule has 0 aromatic heterocycles. The van der Waals surface area contributed by atoms with E-state index in [1.807, 2.05) is 24.3 Å². The van der Waals surface area contributed by atoms with Gasteiger partial charge in [0.15, 0.2) is 0 Å². The molecule has 0 N–H and O–H groups in total. The molecule has 0 bridgehead atoms. The molecule has 0 radical (unpaired) electrons. The maximum absolute atomic E-state index is 4.34. The van der Waals surface area contributed by atoms with Crippen molar-refractivity contribution >= 4 is 6.01 Å². The molecule has 0 spiro atoms. The molecular weight excluding hydrogens is 244 g/mol. The fourth-order valence-corrected chi connectivity index (χ4v) is 2.00. The number of nitrogens with zero attached hydrogens (tertiary/aromatic N) is 2. The van der Waals surface area contributed by atoms with Crippen LogP contribution in [0.5, 0.6) is 0 Å². The second kappa shape index (κ2) is 7.42. The van der Waals surface area contributed by atoms with Crippen LogP contribution in [0.3, 0.4) is 0 Å². The summed E-state index contributed by atoms with van der Waals surface area (Å²) in [6.07, 6.45) is 0. The van der Waals surface area contributed by atoms with E-state index in [2.05, 4.69) is 66.2 Å². The minimum absolute atomic E-state index is 0.104. The molecule has 2 rings (SSSR count). The van der Waals surface area contributed by atoms with Gasteiger partial charge in [-0.05, 0) is 18.1 Å². The van der Waals surface area contributed by atoms with Gasteiger partial charge < -0.3 is 0 Å². The van der Waals surface area contributed by atoms with Crippen molar-refractivity contribution in [2.75, 3.05) is 6.54 Å². The Kier molecular flexibility index (Phi) is 5.28. The summed E-state index contributed by atoms with van der Waals surface area (Å²) < 4.78 is 0. The highest BCUT2D eigenvalue weighted by atomic mass is 14.8. The molecule has 0 fully saturated rings. The highest BCUT2D eigenvalue weighted by molar-refractivity contribution is 5.42. The molecule has 2 atom stereocenters. The van der Waals surface area contributed by atoms with Crippen molar-refractivity contribution in [1.29, 1.82) is 0 Å². The van der Waals surface area contributed by atoms with Crippen LogP contribution in [0, 0.1) is 0 Å². The Bertz CT molecular complexity index is 569. The number of benzene rings is 2. The van der Waals surface area contributed by atoms with Gasteiger partial charge in [-0.1, -0.05) is 67.6 Å². The molecule has 0 amide bonds. The fourth-order valence-electron chi connectivity index (χ4n) is 2.00. The van der Waals surface area contributed by atoms with Crippen molar-refractivity contribution in [2.45, 2.75) is 25.8 Å². The van der Waals surface area contributed by atoms with Crippen LogP contribution < -0.4 is 0 Å². The van der Waals surface area contributed by atoms with E-state index in [0.29, 0.717) is 5.92 Å². The molecule has 102 valence electrons. The average molecular weight is 264 g/mol. The SMILES string of the molecule is CC(CN=C=NC(C)c1ccccc1)c1ccccc1. The average Bonchev–Trinajstić information content (AvgIpc) is 2.53. The third kappa shape index (κ3) is 4.18. The first-order valence-electron chi connectivity index (χ1n) is 6.98.